The number of methoxy groups -OCH3 is 1. The van der Waals surface area contributed by atoms with Crippen molar-refractivity contribution in [3.63, 3.8) is 0 Å². The molecule has 0 bridgehead atoms. The minimum absolute atomic E-state index is 0.290. The van der Waals surface area contributed by atoms with E-state index in [1.165, 1.54) is 4.90 Å². The fraction of sp³-hybridized carbons (Fsp3) is 0.444. The summed E-state index contributed by atoms with van der Waals surface area (Å²) in [5.41, 5.74) is 0.183. The fourth-order valence-corrected chi connectivity index (χ4v) is 2.32. The quantitative estimate of drug-likeness (QED) is 0.795. The molecule has 0 saturated carbocycles. The lowest BCUT2D eigenvalue weighted by molar-refractivity contribution is 0.0278. The highest BCUT2D eigenvalue weighted by molar-refractivity contribution is 6.35. The lowest BCUT2D eigenvalue weighted by Crippen LogP contribution is -2.36. The molecule has 2 aromatic rings. The molecule has 0 atom stereocenters. The second kappa shape index (κ2) is 7.78. The Hall–Kier alpha value is -2.21. The summed E-state index contributed by atoms with van der Waals surface area (Å²) in [6.45, 7) is 6.14. The number of halogens is 1. The van der Waals surface area contributed by atoms with Crippen molar-refractivity contribution in [1.29, 1.82) is 0 Å². The van der Waals surface area contributed by atoms with Crippen molar-refractivity contribution in [2.75, 3.05) is 27.3 Å². The zero-order chi connectivity index (χ0) is 18.6. The maximum absolute atomic E-state index is 11.9. The van der Waals surface area contributed by atoms with Crippen molar-refractivity contribution in [2.24, 2.45) is 0 Å². The molecule has 1 heterocycles. The number of carbonyl (C=O) groups is 1. The van der Waals surface area contributed by atoms with Gasteiger partial charge in [0.05, 0.1) is 24.2 Å². The molecule has 2 rings (SSSR count). The largest absolute Gasteiger partial charge is 0.493 e. The summed E-state index contributed by atoms with van der Waals surface area (Å²) in [6, 6.07) is 5.28. The second-order valence-corrected chi connectivity index (χ2v) is 6.97. The minimum atomic E-state index is -0.529. The van der Waals surface area contributed by atoms with Crippen molar-refractivity contribution in [2.45, 2.75) is 26.4 Å². The van der Waals surface area contributed by atoms with Gasteiger partial charge < -0.3 is 19.1 Å². The maximum Gasteiger partial charge on any atom is 0.410 e. The first-order valence-corrected chi connectivity index (χ1v) is 8.28. The van der Waals surface area contributed by atoms with Crippen LogP contribution in [0.25, 0.3) is 10.9 Å². The van der Waals surface area contributed by atoms with E-state index in [1.807, 2.05) is 20.8 Å². The Morgan fingerprint density at radius 3 is 2.64 bits per heavy atom. The predicted molar refractivity (Wildman–Crippen MR) is 97.7 cm³/mol. The molecule has 1 aromatic carbocycles. The number of rotatable bonds is 5. The standard InChI is InChI=1S/C18H23ClN2O4/c1-18(2,3)25-17(22)21(4)8-9-24-16-11-14-12(10-15(16)23-5)13(19)6-7-20-14/h6-7,10-11H,8-9H2,1-5H3. The Labute approximate surface area is 152 Å². The number of aromatic nitrogens is 1. The molecule has 0 N–H and O–H groups in total. The van der Waals surface area contributed by atoms with Gasteiger partial charge in [0.15, 0.2) is 11.5 Å². The van der Waals surface area contributed by atoms with Crippen molar-refractivity contribution in [1.82, 2.24) is 9.88 Å². The Kier molecular flexibility index (Phi) is 5.95. The molecule has 0 spiro atoms. The molecule has 0 aliphatic rings. The molecule has 0 saturated heterocycles. The first-order chi connectivity index (χ1) is 11.7. The number of nitrogens with zero attached hydrogens (tertiary/aromatic N) is 2. The summed E-state index contributed by atoms with van der Waals surface area (Å²) >= 11 is 6.18. The van der Waals surface area contributed by atoms with Gasteiger partial charge in [-0.15, -0.1) is 0 Å². The molecule has 1 aromatic heterocycles. The number of fused-ring (bicyclic) bond motifs is 1. The smallest absolute Gasteiger partial charge is 0.410 e. The van der Waals surface area contributed by atoms with Crippen LogP contribution in [0.15, 0.2) is 24.4 Å². The highest BCUT2D eigenvalue weighted by Crippen LogP contribution is 2.34. The van der Waals surface area contributed by atoms with Crippen LogP contribution in [0.3, 0.4) is 0 Å². The second-order valence-electron chi connectivity index (χ2n) is 6.56. The number of hydrogen-bond acceptors (Lipinski definition) is 5. The van der Waals surface area contributed by atoms with E-state index >= 15 is 0 Å². The SMILES string of the molecule is COc1cc2c(Cl)ccnc2cc1OCCN(C)C(=O)OC(C)(C)C. The van der Waals surface area contributed by atoms with Crippen LogP contribution < -0.4 is 9.47 Å². The van der Waals surface area contributed by atoms with Gasteiger partial charge in [-0.25, -0.2) is 4.79 Å². The third kappa shape index (κ3) is 5.13. The molecule has 0 aliphatic carbocycles. The number of carbonyl (C=O) groups excluding carboxylic acids is 1. The van der Waals surface area contributed by atoms with E-state index in [0.29, 0.717) is 28.6 Å². The Balaban J connectivity index is 2.04. The maximum atomic E-state index is 11.9. The van der Waals surface area contributed by atoms with E-state index in [1.54, 1.807) is 38.6 Å². The Morgan fingerprint density at radius 1 is 1.28 bits per heavy atom. The van der Waals surface area contributed by atoms with Gasteiger partial charge in [0, 0.05) is 24.7 Å². The lowest BCUT2D eigenvalue weighted by Gasteiger charge is -2.24. The van der Waals surface area contributed by atoms with Crippen LogP contribution in [0.1, 0.15) is 20.8 Å². The molecule has 6 nitrogen and oxygen atoms in total. The van der Waals surface area contributed by atoms with Crippen LogP contribution in [0, 0.1) is 0 Å². The van der Waals surface area contributed by atoms with E-state index in [-0.39, 0.29) is 6.61 Å². The van der Waals surface area contributed by atoms with Crippen LogP contribution in [-0.4, -0.2) is 48.9 Å². The fourth-order valence-electron chi connectivity index (χ4n) is 2.12. The molecule has 136 valence electrons. The average molecular weight is 367 g/mol. The lowest BCUT2D eigenvalue weighted by atomic mass is 10.2. The van der Waals surface area contributed by atoms with Crippen molar-refractivity contribution < 1.29 is 19.0 Å². The zero-order valence-electron chi connectivity index (χ0n) is 15.1. The molecule has 0 radical (unpaired) electrons. The van der Waals surface area contributed by atoms with E-state index < -0.39 is 11.7 Å². The highest BCUT2D eigenvalue weighted by atomic mass is 35.5. The van der Waals surface area contributed by atoms with E-state index in [0.717, 1.165) is 5.39 Å². The molecule has 1 amide bonds. The van der Waals surface area contributed by atoms with Gasteiger partial charge in [-0.1, -0.05) is 11.6 Å². The van der Waals surface area contributed by atoms with Crippen LogP contribution in [0.5, 0.6) is 11.5 Å². The molecule has 7 heteroatoms. The van der Waals surface area contributed by atoms with Crippen LogP contribution in [0.4, 0.5) is 4.79 Å². The first kappa shape index (κ1) is 19.1. The molecule has 0 unspecified atom stereocenters. The minimum Gasteiger partial charge on any atom is -0.493 e. The summed E-state index contributed by atoms with van der Waals surface area (Å²) in [5, 5.41) is 1.39. The number of likely N-dealkylation sites (N-methyl/N-ethyl adjacent to an activating group) is 1. The average Bonchev–Trinajstić information content (AvgIpc) is 2.53. The Bertz CT molecular complexity index is 759. The Morgan fingerprint density at radius 2 is 2.00 bits per heavy atom. The van der Waals surface area contributed by atoms with Crippen molar-refractivity contribution in [3.8, 4) is 11.5 Å². The molecular weight excluding hydrogens is 344 g/mol. The normalized spacial score (nSPS) is 11.3. The van der Waals surface area contributed by atoms with Gasteiger partial charge in [0.1, 0.15) is 12.2 Å². The highest BCUT2D eigenvalue weighted by Gasteiger charge is 2.19. The summed E-state index contributed by atoms with van der Waals surface area (Å²) in [4.78, 5) is 17.7. The van der Waals surface area contributed by atoms with Gasteiger partial charge >= 0.3 is 6.09 Å². The topological polar surface area (TPSA) is 60.9 Å². The summed E-state index contributed by atoms with van der Waals surface area (Å²) in [7, 11) is 3.22. The number of amides is 1. The van der Waals surface area contributed by atoms with Crippen molar-refractivity contribution in [3.05, 3.63) is 29.4 Å². The van der Waals surface area contributed by atoms with Gasteiger partial charge in [-0.3, -0.25) is 4.98 Å². The van der Waals surface area contributed by atoms with E-state index in [4.69, 9.17) is 25.8 Å². The van der Waals surface area contributed by atoms with Gasteiger partial charge in [0.2, 0.25) is 0 Å². The predicted octanol–water partition coefficient (Wildman–Crippen LogP) is 4.14. The number of ether oxygens (including phenoxy) is 3. The summed E-state index contributed by atoms with van der Waals surface area (Å²) in [5.74, 6) is 1.10. The number of benzene rings is 1. The summed E-state index contributed by atoms with van der Waals surface area (Å²) < 4.78 is 16.4. The van der Waals surface area contributed by atoms with Crippen LogP contribution in [-0.2, 0) is 4.74 Å². The molecular formula is C18H23ClN2O4. The monoisotopic (exact) mass is 366 g/mol. The number of pyridine rings is 1. The third-order valence-electron chi connectivity index (χ3n) is 3.36. The third-order valence-corrected chi connectivity index (χ3v) is 3.69. The number of hydrogen-bond donors (Lipinski definition) is 0. The molecule has 0 aliphatic heterocycles. The van der Waals surface area contributed by atoms with E-state index in [2.05, 4.69) is 4.98 Å². The zero-order valence-corrected chi connectivity index (χ0v) is 15.9. The van der Waals surface area contributed by atoms with Gasteiger partial charge in [-0.2, -0.15) is 0 Å². The van der Waals surface area contributed by atoms with Crippen molar-refractivity contribution >= 4 is 28.6 Å². The summed E-state index contributed by atoms with van der Waals surface area (Å²) in [6.07, 6.45) is 1.24. The molecule has 25 heavy (non-hydrogen) atoms. The van der Waals surface area contributed by atoms with Gasteiger partial charge in [0.25, 0.3) is 0 Å². The first-order valence-electron chi connectivity index (χ1n) is 7.90. The van der Waals surface area contributed by atoms with Crippen LogP contribution in [0.2, 0.25) is 5.02 Å². The molecule has 0 fully saturated rings. The van der Waals surface area contributed by atoms with E-state index in [9.17, 15) is 4.79 Å². The van der Waals surface area contributed by atoms with Gasteiger partial charge in [-0.05, 0) is 32.9 Å². The van der Waals surface area contributed by atoms with Crippen LogP contribution >= 0.6 is 11.6 Å².